The summed E-state index contributed by atoms with van der Waals surface area (Å²) in [6.45, 7) is 5.72. The predicted octanol–water partition coefficient (Wildman–Crippen LogP) is -0.496. The van der Waals surface area contributed by atoms with E-state index in [-0.39, 0.29) is 51.4 Å². The van der Waals surface area contributed by atoms with Crippen molar-refractivity contribution < 1.29 is 64.3 Å². The van der Waals surface area contributed by atoms with Gasteiger partial charge in [-0.3, -0.25) is 12.9 Å². The largest absolute Gasteiger partial charge is 1.00 e. The molecule has 0 bridgehead atoms. The fourth-order valence-electron chi connectivity index (χ4n) is 0. The van der Waals surface area contributed by atoms with Gasteiger partial charge >= 0.3 is 58.9 Å². The molecule has 0 fully saturated rings. The second kappa shape index (κ2) is 16.2. The van der Waals surface area contributed by atoms with Gasteiger partial charge in [-0.05, 0) is 0 Å². The molecule has 0 unspecified atom stereocenters. The van der Waals surface area contributed by atoms with Crippen LogP contribution in [0.1, 0.15) is 19.8 Å². The first-order valence-corrected chi connectivity index (χ1v) is 2.36. The van der Waals surface area contributed by atoms with E-state index in [1.807, 2.05) is 0 Å². The molecule has 0 saturated heterocycles. The Morgan fingerprint density at radius 1 is 1.33 bits per heavy atom. The van der Waals surface area contributed by atoms with Crippen molar-refractivity contribution in [3.63, 3.8) is 0 Å². The van der Waals surface area contributed by atoms with Crippen LogP contribution in [0.15, 0.2) is 0 Å². The zero-order valence-electron chi connectivity index (χ0n) is 5.83. The molecule has 0 nitrogen and oxygen atoms in total. The van der Waals surface area contributed by atoms with Crippen LogP contribution in [-0.2, 0) is 0 Å². The summed E-state index contributed by atoms with van der Waals surface area (Å²) < 4.78 is 29.0. The summed E-state index contributed by atoms with van der Waals surface area (Å²) in [6.07, 6.45) is 2.28. The summed E-state index contributed by atoms with van der Waals surface area (Å²) >= 11 is 0. The quantitative estimate of drug-likeness (QED) is 0.362. The number of hydrogen-bond acceptors (Lipinski definition) is 0. The normalized spacial score (nSPS) is 6.33. The fraction of sp³-hybridized carbons (Fsp3) is 0.750. The molecule has 5 heteroatoms. The molecule has 0 aromatic heterocycles. The molecular formula is C4H9BF3K. The molecule has 0 amide bonds. The molecule has 50 valence electrons. The maximum atomic E-state index is 9.67. The maximum Gasteiger partial charge on any atom is 1.00 e. The maximum absolute atomic E-state index is 9.67. The molecule has 0 saturated carbocycles. The number of rotatable bonds is 1. The molecule has 0 aliphatic carbocycles. The topological polar surface area (TPSA) is 0 Å². The van der Waals surface area contributed by atoms with Crippen molar-refractivity contribution >= 4 is 7.54 Å². The number of halogens is 3. The first kappa shape index (κ1) is 16.8. The van der Waals surface area contributed by atoms with Crippen molar-refractivity contribution in [1.82, 2.24) is 0 Å². The summed E-state index contributed by atoms with van der Waals surface area (Å²) in [5, 5.41) is 0. The Labute approximate surface area is 97.2 Å². The van der Waals surface area contributed by atoms with Gasteiger partial charge in [0.1, 0.15) is 0 Å². The molecule has 0 rings (SSSR count). The molecule has 0 N–H and O–H groups in total. The SMILES string of the molecule is FB(F)F.[CH2-]CCC.[K+]. The van der Waals surface area contributed by atoms with E-state index in [9.17, 15) is 12.9 Å². The minimum atomic E-state index is -3.67. The van der Waals surface area contributed by atoms with E-state index < -0.39 is 7.54 Å². The molecule has 0 spiro atoms. The van der Waals surface area contributed by atoms with Gasteiger partial charge in [0.15, 0.2) is 0 Å². The van der Waals surface area contributed by atoms with E-state index in [1.165, 1.54) is 6.42 Å². The fourth-order valence-corrected chi connectivity index (χ4v) is 0. The van der Waals surface area contributed by atoms with E-state index in [4.69, 9.17) is 0 Å². The standard InChI is InChI=1S/C4H9.BF3.K/c1-3-4-2;2-1(3)4;/h1,3-4H2,2H3;;/q-1;;+1. The smallest absolute Gasteiger partial charge is 0.343 e. The van der Waals surface area contributed by atoms with Crippen molar-refractivity contribution in [1.29, 1.82) is 0 Å². The van der Waals surface area contributed by atoms with Gasteiger partial charge in [-0.25, -0.2) is 0 Å². The second-order valence-electron chi connectivity index (χ2n) is 1.10. The van der Waals surface area contributed by atoms with Gasteiger partial charge in [0.2, 0.25) is 0 Å². The molecule has 0 aliphatic heterocycles. The van der Waals surface area contributed by atoms with E-state index >= 15 is 0 Å². The zero-order valence-corrected chi connectivity index (χ0v) is 8.96. The molecule has 0 aromatic rings. The molecule has 9 heavy (non-hydrogen) atoms. The van der Waals surface area contributed by atoms with Crippen molar-refractivity contribution in [2.45, 2.75) is 19.8 Å². The van der Waals surface area contributed by atoms with Crippen molar-refractivity contribution in [3.05, 3.63) is 6.92 Å². The van der Waals surface area contributed by atoms with E-state index in [1.54, 1.807) is 0 Å². The van der Waals surface area contributed by atoms with Gasteiger partial charge < -0.3 is 6.92 Å². The Hall–Kier alpha value is 1.49. The Kier molecular flexibility index (Phi) is 30.4. The first-order valence-electron chi connectivity index (χ1n) is 2.36. The van der Waals surface area contributed by atoms with Crippen molar-refractivity contribution in [3.8, 4) is 0 Å². The molecule has 0 heterocycles. The average molecular weight is 164 g/mol. The van der Waals surface area contributed by atoms with E-state index in [2.05, 4.69) is 13.8 Å². The van der Waals surface area contributed by atoms with E-state index in [0.717, 1.165) is 6.42 Å². The third-order valence-corrected chi connectivity index (χ3v) is 0.354. The van der Waals surface area contributed by atoms with Crippen molar-refractivity contribution in [2.75, 3.05) is 0 Å². The van der Waals surface area contributed by atoms with Gasteiger partial charge in [0.25, 0.3) is 0 Å². The molecule has 0 atom stereocenters. The summed E-state index contributed by atoms with van der Waals surface area (Å²) in [6, 6.07) is 0. The van der Waals surface area contributed by atoms with Crippen LogP contribution in [0.2, 0.25) is 0 Å². The summed E-state index contributed by atoms with van der Waals surface area (Å²) in [7, 11) is -3.67. The molecule has 0 aromatic carbocycles. The van der Waals surface area contributed by atoms with Gasteiger partial charge in [0.05, 0.1) is 0 Å². The predicted molar refractivity (Wildman–Crippen MR) is 29.3 cm³/mol. The molecular weight excluding hydrogens is 155 g/mol. The zero-order chi connectivity index (χ0) is 6.99. The average Bonchev–Trinajstić information content (AvgIpc) is 1.65. The van der Waals surface area contributed by atoms with Crippen LogP contribution in [0.3, 0.4) is 0 Å². The monoisotopic (exact) mass is 164 g/mol. The summed E-state index contributed by atoms with van der Waals surface area (Å²) in [4.78, 5) is 0. The first-order chi connectivity index (χ1) is 3.65. The van der Waals surface area contributed by atoms with Crippen LogP contribution in [0.25, 0.3) is 0 Å². The minimum Gasteiger partial charge on any atom is -0.343 e. The van der Waals surface area contributed by atoms with Crippen LogP contribution in [0, 0.1) is 6.92 Å². The van der Waals surface area contributed by atoms with Gasteiger partial charge in [-0.1, -0.05) is 13.3 Å². The van der Waals surface area contributed by atoms with Crippen LogP contribution in [0.5, 0.6) is 0 Å². The van der Waals surface area contributed by atoms with Crippen LogP contribution in [-0.4, -0.2) is 7.54 Å². The van der Waals surface area contributed by atoms with Crippen molar-refractivity contribution in [2.24, 2.45) is 0 Å². The van der Waals surface area contributed by atoms with Gasteiger partial charge in [0, 0.05) is 0 Å². The second-order valence-corrected chi connectivity index (χ2v) is 1.10. The van der Waals surface area contributed by atoms with Gasteiger partial charge in [-0.2, -0.15) is 6.42 Å². The summed E-state index contributed by atoms with van der Waals surface area (Å²) in [5.74, 6) is 0. The summed E-state index contributed by atoms with van der Waals surface area (Å²) in [5.41, 5.74) is 0. The van der Waals surface area contributed by atoms with E-state index in [0.29, 0.717) is 0 Å². The Morgan fingerprint density at radius 2 is 1.44 bits per heavy atom. The molecule has 0 radical (unpaired) electrons. The number of unbranched alkanes of at least 4 members (excludes halogenated alkanes) is 1. The molecule has 0 aliphatic rings. The van der Waals surface area contributed by atoms with Gasteiger partial charge in [-0.15, -0.1) is 0 Å². The Morgan fingerprint density at radius 3 is 1.44 bits per heavy atom. The van der Waals surface area contributed by atoms with Crippen LogP contribution < -0.4 is 51.4 Å². The minimum absolute atomic E-state index is 0. The third kappa shape index (κ3) is 85.8. The Bertz CT molecular complexity index is 32.2. The Balaban J connectivity index is -0.0000000720. The third-order valence-electron chi connectivity index (χ3n) is 0.354. The van der Waals surface area contributed by atoms with Crippen LogP contribution in [0.4, 0.5) is 12.9 Å². The number of hydrogen-bond donors (Lipinski definition) is 0. The van der Waals surface area contributed by atoms with Crippen LogP contribution >= 0.6 is 0 Å².